The summed E-state index contributed by atoms with van der Waals surface area (Å²) < 4.78 is 0. The zero-order valence-electron chi connectivity index (χ0n) is 12.9. The summed E-state index contributed by atoms with van der Waals surface area (Å²) in [6, 6.07) is 22.0. The van der Waals surface area contributed by atoms with Crippen LogP contribution in [0.3, 0.4) is 0 Å². The molecular formula is C21H14ClNO. The number of halogens is 1. The molecule has 0 N–H and O–H groups in total. The van der Waals surface area contributed by atoms with Crippen molar-refractivity contribution in [3.63, 3.8) is 0 Å². The zero-order valence-corrected chi connectivity index (χ0v) is 13.6. The molecular weight excluding hydrogens is 318 g/mol. The van der Waals surface area contributed by atoms with Gasteiger partial charge in [-0.2, -0.15) is 0 Å². The van der Waals surface area contributed by atoms with Gasteiger partial charge in [0.25, 0.3) is 0 Å². The van der Waals surface area contributed by atoms with Gasteiger partial charge in [-0.05, 0) is 28.5 Å². The van der Waals surface area contributed by atoms with Crippen molar-refractivity contribution in [1.29, 1.82) is 0 Å². The van der Waals surface area contributed by atoms with E-state index in [1.54, 1.807) is 12.1 Å². The van der Waals surface area contributed by atoms with Crippen molar-refractivity contribution in [2.24, 2.45) is 4.99 Å². The van der Waals surface area contributed by atoms with Crippen molar-refractivity contribution in [3.8, 4) is 0 Å². The maximum atomic E-state index is 12.1. The molecule has 0 amide bonds. The van der Waals surface area contributed by atoms with Crippen molar-refractivity contribution >= 4 is 33.9 Å². The minimum Gasteiger partial charge on any atom is -0.288 e. The van der Waals surface area contributed by atoms with E-state index in [9.17, 15) is 4.79 Å². The summed E-state index contributed by atoms with van der Waals surface area (Å²) in [4.78, 5) is 16.8. The second-order valence-corrected chi connectivity index (χ2v) is 6.16. The Labute approximate surface area is 145 Å². The van der Waals surface area contributed by atoms with Crippen molar-refractivity contribution < 1.29 is 4.79 Å². The van der Waals surface area contributed by atoms with E-state index in [1.807, 2.05) is 30.3 Å². The van der Waals surface area contributed by atoms with Gasteiger partial charge in [-0.15, -0.1) is 0 Å². The highest BCUT2D eigenvalue weighted by atomic mass is 35.5. The van der Waals surface area contributed by atoms with E-state index in [-0.39, 0.29) is 10.8 Å². The number of hydrogen-bond donors (Lipinski definition) is 0. The number of nitrogens with zero attached hydrogens (tertiary/aromatic N) is 1. The third-order valence-electron chi connectivity index (χ3n) is 4.17. The number of rotatable bonds is 2. The van der Waals surface area contributed by atoms with E-state index in [0.29, 0.717) is 12.1 Å². The smallest absolute Gasteiger partial charge is 0.205 e. The van der Waals surface area contributed by atoms with E-state index in [1.165, 1.54) is 10.8 Å². The number of Topliss-reactive ketones (excluding diaryl/α,β-unsaturated/α-hetero) is 1. The summed E-state index contributed by atoms with van der Waals surface area (Å²) in [6.07, 6.45) is 1.66. The Morgan fingerprint density at radius 3 is 2.38 bits per heavy atom. The van der Waals surface area contributed by atoms with Gasteiger partial charge in [-0.1, -0.05) is 72.3 Å². The first-order chi connectivity index (χ1) is 11.7. The highest BCUT2D eigenvalue weighted by molar-refractivity contribution is 6.49. The lowest BCUT2D eigenvalue weighted by atomic mass is 9.94. The fourth-order valence-electron chi connectivity index (χ4n) is 2.94. The number of aliphatic imine (C=N–C) groups is 1. The number of hydrogen-bond acceptors (Lipinski definition) is 2. The average molecular weight is 332 g/mol. The standard InChI is InChI=1S/C21H14ClNO/c22-19-12-20(17-7-3-4-8-18(17)21(19)24)23-13-14-9-10-15-5-1-2-6-16(15)11-14/h1-12H,13H2. The Morgan fingerprint density at radius 2 is 1.54 bits per heavy atom. The monoisotopic (exact) mass is 331 g/mol. The molecule has 2 nitrogen and oxygen atoms in total. The zero-order chi connectivity index (χ0) is 16.5. The summed E-state index contributed by atoms with van der Waals surface area (Å²) in [6.45, 7) is 0.545. The number of allylic oxidation sites excluding steroid dienone is 2. The Kier molecular flexibility index (Phi) is 3.75. The van der Waals surface area contributed by atoms with Gasteiger partial charge in [0.2, 0.25) is 5.78 Å². The van der Waals surface area contributed by atoms with Gasteiger partial charge in [0.05, 0.1) is 17.3 Å². The van der Waals surface area contributed by atoms with Crippen LogP contribution in [-0.4, -0.2) is 11.5 Å². The molecule has 0 unspecified atom stereocenters. The number of carbonyl (C=O) groups is 1. The predicted octanol–water partition coefficient (Wildman–Crippen LogP) is 5.15. The van der Waals surface area contributed by atoms with Crippen LogP contribution >= 0.6 is 11.6 Å². The largest absolute Gasteiger partial charge is 0.288 e. The van der Waals surface area contributed by atoms with E-state index in [2.05, 4.69) is 30.3 Å². The van der Waals surface area contributed by atoms with Crippen LogP contribution < -0.4 is 0 Å². The Hall–Kier alpha value is -2.71. The number of ketones is 1. The molecule has 116 valence electrons. The normalized spacial score (nSPS) is 15.5. The number of benzene rings is 3. The molecule has 3 aromatic carbocycles. The quantitative estimate of drug-likeness (QED) is 0.638. The van der Waals surface area contributed by atoms with E-state index >= 15 is 0 Å². The van der Waals surface area contributed by atoms with Crippen molar-refractivity contribution in [2.75, 3.05) is 0 Å². The highest BCUT2D eigenvalue weighted by Gasteiger charge is 2.22. The molecule has 1 aliphatic rings. The fourth-order valence-corrected chi connectivity index (χ4v) is 3.15. The molecule has 0 bridgehead atoms. The van der Waals surface area contributed by atoms with E-state index in [0.717, 1.165) is 16.8 Å². The molecule has 3 heteroatoms. The van der Waals surface area contributed by atoms with Crippen LogP contribution in [0.4, 0.5) is 0 Å². The molecule has 0 aromatic heterocycles. The number of fused-ring (bicyclic) bond motifs is 2. The lowest BCUT2D eigenvalue weighted by molar-refractivity contribution is 0.104. The third-order valence-corrected chi connectivity index (χ3v) is 4.45. The second kappa shape index (κ2) is 6.06. The summed E-state index contributed by atoms with van der Waals surface area (Å²) in [5, 5.41) is 2.62. The molecule has 0 atom stereocenters. The minimum atomic E-state index is -0.142. The van der Waals surface area contributed by atoms with Gasteiger partial charge in [0, 0.05) is 11.1 Å². The van der Waals surface area contributed by atoms with Gasteiger partial charge >= 0.3 is 0 Å². The van der Waals surface area contributed by atoms with Crippen LogP contribution in [0.25, 0.3) is 10.8 Å². The SMILES string of the molecule is O=C1C(Cl)=CC(=NCc2ccc3ccccc3c2)c2ccccc21. The van der Waals surface area contributed by atoms with Crippen molar-refractivity contribution in [2.45, 2.75) is 6.54 Å². The van der Waals surface area contributed by atoms with Crippen LogP contribution in [0.5, 0.6) is 0 Å². The predicted molar refractivity (Wildman–Crippen MR) is 98.9 cm³/mol. The molecule has 24 heavy (non-hydrogen) atoms. The van der Waals surface area contributed by atoms with Crippen LogP contribution in [0.15, 0.2) is 82.8 Å². The summed E-state index contributed by atoms with van der Waals surface area (Å²) in [7, 11) is 0. The maximum absolute atomic E-state index is 12.1. The summed E-state index contributed by atoms with van der Waals surface area (Å²) >= 11 is 6.08. The molecule has 4 rings (SSSR count). The third kappa shape index (κ3) is 2.66. The molecule has 0 aliphatic heterocycles. The van der Waals surface area contributed by atoms with Crippen LogP contribution in [0.1, 0.15) is 21.5 Å². The van der Waals surface area contributed by atoms with Gasteiger partial charge in [-0.3, -0.25) is 9.79 Å². The van der Waals surface area contributed by atoms with Gasteiger partial charge in [0.1, 0.15) is 0 Å². The van der Waals surface area contributed by atoms with Crippen LogP contribution in [0, 0.1) is 0 Å². The van der Waals surface area contributed by atoms with Crippen molar-refractivity contribution in [3.05, 3.63) is 94.5 Å². The van der Waals surface area contributed by atoms with Gasteiger partial charge in [-0.25, -0.2) is 0 Å². The lowest BCUT2D eigenvalue weighted by Gasteiger charge is -2.14. The lowest BCUT2D eigenvalue weighted by Crippen LogP contribution is -2.15. The van der Waals surface area contributed by atoms with Crippen molar-refractivity contribution in [1.82, 2.24) is 0 Å². The molecule has 0 fully saturated rings. The van der Waals surface area contributed by atoms with E-state index in [4.69, 9.17) is 16.6 Å². The average Bonchev–Trinajstić information content (AvgIpc) is 2.63. The Morgan fingerprint density at radius 1 is 0.833 bits per heavy atom. The molecule has 0 radical (unpaired) electrons. The Balaban J connectivity index is 1.71. The molecule has 0 heterocycles. The fraction of sp³-hybridized carbons (Fsp3) is 0.0476. The Bertz CT molecular complexity index is 1020. The highest BCUT2D eigenvalue weighted by Crippen LogP contribution is 2.24. The van der Waals surface area contributed by atoms with E-state index < -0.39 is 0 Å². The minimum absolute atomic E-state index is 0.142. The first-order valence-corrected chi connectivity index (χ1v) is 8.13. The van der Waals surface area contributed by atoms with Gasteiger partial charge < -0.3 is 0 Å². The first kappa shape index (κ1) is 14.9. The second-order valence-electron chi connectivity index (χ2n) is 5.75. The molecule has 0 spiro atoms. The molecule has 3 aromatic rings. The van der Waals surface area contributed by atoms with Gasteiger partial charge in [0.15, 0.2) is 0 Å². The topological polar surface area (TPSA) is 29.4 Å². The van der Waals surface area contributed by atoms with Crippen LogP contribution in [-0.2, 0) is 6.54 Å². The first-order valence-electron chi connectivity index (χ1n) is 7.76. The molecule has 0 saturated carbocycles. The molecule has 1 aliphatic carbocycles. The summed E-state index contributed by atoms with van der Waals surface area (Å²) in [5.74, 6) is -0.142. The number of carbonyl (C=O) groups excluding carboxylic acids is 1. The van der Waals surface area contributed by atoms with Crippen LogP contribution in [0.2, 0.25) is 0 Å². The molecule has 0 saturated heterocycles. The summed E-state index contributed by atoms with van der Waals surface area (Å²) in [5.41, 5.74) is 3.33. The maximum Gasteiger partial charge on any atom is 0.205 e.